The molecule has 0 fully saturated rings. The Labute approximate surface area is 177 Å². The van der Waals surface area contributed by atoms with Gasteiger partial charge in [-0.2, -0.15) is 0 Å². The Balaban J connectivity index is 1.75. The number of benzene rings is 3. The number of rotatable bonds is 3. The summed E-state index contributed by atoms with van der Waals surface area (Å²) >= 11 is 0. The molecule has 154 valence electrons. The van der Waals surface area contributed by atoms with Crippen molar-refractivity contribution in [2.24, 2.45) is 0 Å². The topological polar surface area (TPSA) is 86.0 Å². The fourth-order valence-corrected chi connectivity index (χ4v) is 4.12. The van der Waals surface area contributed by atoms with Gasteiger partial charge in [0.15, 0.2) is 0 Å². The molecule has 1 aromatic heterocycles. The van der Waals surface area contributed by atoms with E-state index in [1.807, 2.05) is 24.3 Å². The normalized spacial score (nSPS) is 15.4. The van der Waals surface area contributed by atoms with Gasteiger partial charge >= 0.3 is 5.97 Å². The summed E-state index contributed by atoms with van der Waals surface area (Å²) in [6, 6.07) is 17.1. The third kappa shape index (κ3) is 3.13. The average molecular weight is 414 g/mol. The van der Waals surface area contributed by atoms with Gasteiger partial charge in [0.25, 0.3) is 0 Å². The third-order valence-corrected chi connectivity index (χ3v) is 5.58. The Bertz CT molecular complexity index is 1370. The van der Waals surface area contributed by atoms with E-state index in [2.05, 4.69) is 0 Å². The van der Waals surface area contributed by atoms with Gasteiger partial charge < -0.3 is 19.0 Å². The van der Waals surface area contributed by atoms with Crippen molar-refractivity contribution in [3.05, 3.63) is 88.3 Å². The number of hydrogen-bond donors (Lipinski definition) is 1. The van der Waals surface area contributed by atoms with Crippen LogP contribution >= 0.6 is 0 Å². The number of carbonyl (C=O) groups excluding carboxylic acids is 1. The van der Waals surface area contributed by atoms with Gasteiger partial charge in [-0.15, -0.1) is 0 Å². The lowest BCUT2D eigenvalue weighted by Gasteiger charge is -2.26. The summed E-state index contributed by atoms with van der Waals surface area (Å²) in [7, 11) is 1.58. The predicted octanol–water partition coefficient (Wildman–Crippen LogP) is 4.62. The van der Waals surface area contributed by atoms with Crippen LogP contribution in [-0.2, 0) is 4.79 Å². The lowest BCUT2D eigenvalue weighted by molar-refractivity contribution is -0.135. The molecule has 3 aromatic carbocycles. The summed E-state index contributed by atoms with van der Waals surface area (Å²) in [5.74, 6) is 0.405. The van der Waals surface area contributed by atoms with Crippen LogP contribution in [0.2, 0.25) is 0 Å². The first-order valence-electron chi connectivity index (χ1n) is 9.78. The highest BCUT2D eigenvalue weighted by molar-refractivity contribution is 5.90. The molecular weight excluding hydrogens is 396 g/mol. The van der Waals surface area contributed by atoms with E-state index in [0.29, 0.717) is 39.2 Å². The lowest BCUT2D eigenvalue weighted by atomic mass is 9.84. The molecule has 1 aliphatic heterocycles. The number of phenols is 1. The summed E-state index contributed by atoms with van der Waals surface area (Å²) in [4.78, 5) is 25.6. The van der Waals surface area contributed by atoms with E-state index in [9.17, 15) is 14.7 Å². The molecule has 1 N–H and O–H groups in total. The van der Waals surface area contributed by atoms with E-state index < -0.39 is 0 Å². The number of carbonyl (C=O) groups is 1. The van der Waals surface area contributed by atoms with E-state index in [1.165, 1.54) is 18.4 Å². The number of methoxy groups -OCH3 is 1. The Kier molecular flexibility index (Phi) is 4.47. The zero-order valence-corrected chi connectivity index (χ0v) is 16.6. The largest absolute Gasteiger partial charge is 0.508 e. The number of para-hydroxylation sites is 1. The molecular formula is C25H18O6. The van der Waals surface area contributed by atoms with E-state index >= 15 is 0 Å². The molecule has 2 heterocycles. The quantitative estimate of drug-likeness (QED) is 0.389. The van der Waals surface area contributed by atoms with Crippen molar-refractivity contribution >= 4 is 16.9 Å². The number of hydrogen-bond acceptors (Lipinski definition) is 6. The van der Waals surface area contributed by atoms with Gasteiger partial charge in [0.2, 0.25) is 5.43 Å². The number of fused-ring (bicyclic) bond motifs is 3. The highest BCUT2D eigenvalue weighted by Gasteiger charge is 2.33. The van der Waals surface area contributed by atoms with Crippen LogP contribution < -0.4 is 14.9 Å². The molecule has 0 amide bonds. The number of aromatic hydroxyl groups is 1. The van der Waals surface area contributed by atoms with Crippen LogP contribution in [0.25, 0.3) is 22.1 Å². The van der Waals surface area contributed by atoms with Crippen LogP contribution in [-0.4, -0.2) is 18.2 Å². The highest BCUT2D eigenvalue weighted by Crippen LogP contribution is 2.45. The molecule has 0 radical (unpaired) electrons. The molecule has 1 aliphatic rings. The van der Waals surface area contributed by atoms with Crippen molar-refractivity contribution in [1.82, 2.24) is 0 Å². The second-order valence-electron chi connectivity index (χ2n) is 7.35. The summed E-state index contributed by atoms with van der Waals surface area (Å²) in [6.45, 7) is 0. The smallest absolute Gasteiger partial charge is 0.312 e. The van der Waals surface area contributed by atoms with Crippen LogP contribution in [0.4, 0.5) is 0 Å². The molecule has 1 atom stereocenters. The van der Waals surface area contributed by atoms with Gasteiger partial charge in [-0.25, -0.2) is 0 Å². The lowest BCUT2D eigenvalue weighted by Crippen LogP contribution is -2.22. The Morgan fingerprint density at radius 3 is 2.55 bits per heavy atom. The summed E-state index contributed by atoms with van der Waals surface area (Å²) in [5.41, 5.74) is 2.67. The fourth-order valence-electron chi connectivity index (χ4n) is 4.12. The van der Waals surface area contributed by atoms with Crippen LogP contribution in [0.3, 0.4) is 0 Å². The minimum Gasteiger partial charge on any atom is -0.508 e. The van der Waals surface area contributed by atoms with Crippen molar-refractivity contribution in [3.63, 3.8) is 0 Å². The number of ether oxygens (including phenoxy) is 2. The monoisotopic (exact) mass is 414 g/mol. The molecule has 31 heavy (non-hydrogen) atoms. The molecule has 0 saturated heterocycles. The molecule has 4 aromatic rings. The minimum absolute atomic E-state index is 0.107. The molecule has 0 saturated carbocycles. The molecule has 0 spiro atoms. The van der Waals surface area contributed by atoms with E-state index in [1.54, 1.807) is 31.4 Å². The van der Waals surface area contributed by atoms with Crippen molar-refractivity contribution in [2.75, 3.05) is 7.11 Å². The third-order valence-electron chi connectivity index (χ3n) is 5.58. The van der Waals surface area contributed by atoms with Gasteiger partial charge in [-0.1, -0.05) is 30.3 Å². The second kappa shape index (κ2) is 7.32. The number of esters is 1. The SMILES string of the molecule is COc1ccccc1[C@@H]1CC(=O)Oc2ccc3c(=O)c(-c4ccc(O)cc4)coc3c21. The van der Waals surface area contributed by atoms with Crippen LogP contribution in [0.1, 0.15) is 23.5 Å². The minimum atomic E-state index is -0.376. The second-order valence-corrected chi connectivity index (χ2v) is 7.35. The van der Waals surface area contributed by atoms with Gasteiger partial charge in [-0.05, 0) is 35.9 Å². The first-order chi connectivity index (χ1) is 15.1. The standard InChI is InChI=1S/C25H18O6/c1-29-20-5-3-2-4-16(20)18-12-22(27)31-21-11-10-17-24(28)19(13-30-25(17)23(18)21)14-6-8-15(26)9-7-14/h2-11,13,18,26H,12H2,1H3/t18-/m0/s1. The molecule has 0 unspecified atom stereocenters. The van der Waals surface area contributed by atoms with Crippen molar-refractivity contribution in [2.45, 2.75) is 12.3 Å². The van der Waals surface area contributed by atoms with Gasteiger partial charge in [0.1, 0.15) is 29.1 Å². The van der Waals surface area contributed by atoms with Gasteiger partial charge in [0.05, 0.1) is 24.5 Å². The Morgan fingerprint density at radius 1 is 1.00 bits per heavy atom. The Morgan fingerprint density at radius 2 is 1.77 bits per heavy atom. The van der Waals surface area contributed by atoms with Crippen molar-refractivity contribution in [3.8, 4) is 28.4 Å². The molecule has 0 bridgehead atoms. The predicted molar refractivity (Wildman–Crippen MR) is 115 cm³/mol. The highest BCUT2D eigenvalue weighted by atomic mass is 16.5. The van der Waals surface area contributed by atoms with Crippen molar-refractivity contribution < 1.29 is 23.8 Å². The van der Waals surface area contributed by atoms with E-state index in [-0.39, 0.29) is 29.5 Å². The zero-order chi connectivity index (χ0) is 21.5. The van der Waals surface area contributed by atoms with E-state index in [0.717, 1.165) is 5.56 Å². The molecule has 6 nitrogen and oxygen atoms in total. The number of phenolic OH excluding ortho intramolecular Hbond substituents is 1. The maximum absolute atomic E-state index is 13.3. The fraction of sp³-hybridized carbons (Fsp3) is 0.120. The summed E-state index contributed by atoms with van der Waals surface area (Å²) < 4.78 is 16.9. The van der Waals surface area contributed by atoms with E-state index in [4.69, 9.17) is 13.9 Å². The zero-order valence-electron chi connectivity index (χ0n) is 16.6. The maximum Gasteiger partial charge on any atom is 0.312 e. The molecule has 0 aliphatic carbocycles. The average Bonchev–Trinajstić information content (AvgIpc) is 2.79. The maximum atomic E-state index is 13.3. The van der Waals surface area contributed by atoms with Crippen LogP contribution in [0, 0.1) is 0 Å². The summed E-state index contributed by atoms with van der Waals surface area (Å²) in [6.07, 6.45) is 1.52. The Hall–Kier alpha value is -4.06. The van der Waals surface area contributed by atoms with Gasteiger partial charge in [0, 0.05) is 17.0 Å². The summed E-state index contributed by atoms with van der Waals surface area (Å²) in [5, 5.41) is 9.92. The first kappa shape index (κ1) is 18.9. The van der Waals surface area contributed by atoms with Crippen LogP contribution in [0.15, 0.2) is 76.1 Å². The molecule has 6 heteroatoms. The molecule has 5 rings (SSSR count). The first-order valence-corrected chi connectivity index (χ1v) is 9.78. The van der Waals surface area contributed by atoms with Crippen molar-refractivity contribution in [1.29, 1.82) is 0 Å². The van der Waals surface area contributed by atoms with Gasteiger partial charge in [-0.3, -0.25) is 9.59 Å². The van der Waals surface area contributed by atoms with Crippen LogP contribution in [0.5, 0.6) is 17.2 Å².